The lowest BCUT2D eigenvalue weighted by molar-refractivity contribution is 0.0734. The molecule has 2 aromatic carbocycles. The normalized spacial score (nSPS) is 16.9. The molecule has 212 valence electrons. The lowest BCUT2D eigenvalue weighted by atomic mass is 9.78. The fourth-order valence-corrected chi connectivity index (χ4v) is 5.69. The van der Waals surface area contributed by atoms with Crippen molar-refractivity contribution in [2.24, 2.45) is 11.8 Å². The van der Waals surface area contributed by atoms with Gasteiger partial charge in [0.1, 0.15) is 17.6 Å². The number of hydrogen-bond donors (Lipinski definition) is 0. The lowest BCUT2D eigenvalue weighted by Gasteiger charge is -2.28. The second-order valence-corrected chi connectivity index (χ2v) is 11.4. The van der Waals surface area contributed by atoms with Crippen molar-refractivity contribution in [3.8, 4) is 17.6 Å². The van der Waals surface area contributed by atoms with Crippen molar-refractivity contribution in [1.29, 1.82) is 5.26 Å². The Labute approximate surface area is 237 Å². The molecule has 0 saturated heterocycles. The Morgan fingerprint density at radius 1 is 0.821 bits per heavy atom. The maximum absolute atomic E-state index is 12.7. The molecule has 0 bridgehead atoms. The van der Waals surface area contributed by atoms with Crippen LogP contribution in [0.15, 0.2) is 42.5 Å². The summed E-state index contributed by atoms with van der Waals surface area (Å²) in [7, 11) is 0. The molecule has 4 nitrogen and oxygen atoms in total. The average Bonchev–Trinajstić information content (AvgIpc) is 2.97. The maximum atomic E-state index is 12.7. The molecule has 0 heterocycles. The van der Waals surface area contributed by atoms with Crippen LogP contribution in [0.2, 0.25) is 0 Å². The van der Waals surface area contributed by atoms with E-state index in [0.717, 1.165) is 36.0 Å². The van der Waals surface area contributed by atoms with Gasteiger partial charge in [-0.3, -0.25) is 0 Å². The number of carbonyl (C=O) groups is 1. The number of ether oxygens (including phenoxy) is 2. The zero-order valence-corrected chi connectivity index (χ0v) is 24.4. The highest BCUT2D eigenvalue weighted by atomic mass is 16.5. The average molecular weight is 532 g/mol. The Morgan fingerprint density at radius 2 is 1.46 bits per heavy atom. The van der Waals surface area contributed by atoms with Gasteiger partial charge < -0.3 is 9.47 Å². The topological polar surface area (TPSA) is 59.3 Å². The van der Waals surface area contributed by atoms with E-state index in [9.17, 15) is 10.1 Å². The summed E-state index contributed by atoms with van der Waals surface area (Å²) < 4.78 is 11.4. The third kappa shape index (κ3) is 11.1. The van der Waals surface area contributed by atoms with E-state index in [2.05, 4.69) is 19.9 Å². The second kappa shape index (κ2) is 17.7. The summed E-state index contributed by atoms with van der Waals surface area (Å²) in [6.07, 6.45) is 20.4. The summed E-state index contributed by atoms with van der Waals surface area (Å²) >= 11 is 0. The molecular formula is C35H49NO3. The minimum Gasteiger partial charge on any atom is -0.494 e. The first-order chi connectivity index (χ1) is 19.1. The fourth-order valence-electron chi connectivity index (χ4n) is 5.69. The number of nitrogens with zero attached hydrogens (tertiary/aromatic N) is 1. The van der Waals surface area contributed by atoms with Crippen molar-refractivity contribution >= 4 is 5.97 Å². The number of aryl methyl sites for hydroxylation is 1. The van der Waals surface area contributed by atoms with Crippen LogP contribution < -0.4 is 9.47 Å². The summed E-state index contributed by atoms with van der Waals surface area (Å²) in [5.74, 6) is 2.33. The molecule has 4 heteroatoms. The first kappa shape index (κ1) is 30.7. The van der Waals surface area contributed by atoms with E-state index in [4.69, 9.17) is 9.47 Å². The van der Waals surface area contributed by atoms with Gasteiger partial charge in [0.25, 0.3) is 0 Å². The van der Waals surface area contributed by atoms with Gasteiger partial charge in [-0.2, -0.15) is 5.26 Å². The minimum atomic E-state index is -0.461. The van der Waals surface area contributed by atoms with Crippen LogP contribution in [0, 0.1) is 23.2 Å². The highest BCUT2D eigenvalue weighted by Gasteiger charge is 2.21. The molecular weight excluding hydrogens is 482 g/mol. The second-order valence-electron chi connectivity index (χ2n) is 11.4. The van der Waals surface area contributed by atoms with Crippen LogP contribution in [0.5, 0.6) is 11.5 Å². The third-order valence-electron chi connectivity index (χ3n) is 8.25. The van der Waals surface area contributed by atoms with E-state index in [1.54, 1.807) is 30.3 Å². The zero-order valence-electron chi connectivity index (χ0n) is 24.4. The molecule has 0 unspecified atom stereocenters. The molecule has 0 amide bonds. The molecule has 1 aliphatic carbocycles. The quantitative estimate of drug-likeness (QED) is 0.116. The van der Waals surface area contributed by atoms with Crippen molar-refractivity contribution in [3.63, 3.8) is 0 Å². The van der Waals surface area contributed by atoms with E-state index < -0.39 is 5.97 Å². The Bertz CT molecular complexity index is 1020. The van der Waals surface area contributed by atoms with Gasteiger partial charge in [0, 0.05) is 0 Å². The summed E-state index contributed by atoms with van der Waals surface area (Å²) in [4.78, 5) is 12.7. The SMILES string of the molecule is CCCCCCCCOc1ccc(C(=O)Oc2ccc(CCC3CCC(CCCCC)CC3)cc2C#N)cc1. The molecule has 1 saturated carbocycles. The van der Waals surface area contributed by atoms with E-state index >= 15 is 0 Å². The predicted octanol–water partition coefficient (Wildman–Crippen LogP) is 9.84. The lowest BCUT2D eigenvalue weighted by Crippen LogP contribution is -2.15. The van der Waals surface area contributed by atoms with Crippen molar-refractivity contribution < 1.29 is 14.3 Å². The van der Waals surface area contributed by atoms with Gasteiger partial charge in [0.2, 0.25) is 0 Å². The van der Waals surface area contributed by atoms with E-state index in [-0.39, 0.29) is 0 Å². The van der Waals surface area contributed by atoms with Crippen molar-refractivity contribution in [1.82, 2.24) is 0 Å². The highest BCUT2D eigenvalue weighted by Crippen LogP contribution is 2.34. The molecule has 39 heavy (non-hydrogen) atoms. The third-order valence-corrected chi connectivity index (χ3v) is 8.25. The molecule has 2 aromatic rings. The Balaban J connectivity index is 1.42. The van der Waals surface area contributed by atoms with Crippen LogP contribution in [0.25, 0.3) is 0 Å². The number of hydrogen-bond acceptors (Lipinski definition) is 4. The summed E-state index contributed by atoms with van der Waals surface area (Å²) in [6.45, 7) is 5.19. The molecule has 0 radical (unpaired) electrons. The van der Waals surface area contributed by atoms with Crippen LogP contribution in [-0.2, 0) is 6.42 Å². The standard InChI is InChI=1S/C35H49NO3/c1-3-5-7-8-9-11-25-38-33-22-20-31(21-23-33)35(37)39-34-24-19-30(26-32(34)27-36)18-17-29-15-13-28(14-16-29)12-10-6-4-2/h19-24,26,28-29H,3-18,25H2,1-2H3. The molecule has 3 rings (SSSR count). The monoisotopic (exact) mass is 531 g/mol. The van der Waals surface area contributed by atoms with Crippen molar-refractivity contribution in [2.75, 3.05) is 6.61 Å². The van der Waals surface area contributed by atoms with E-state index in [1.807, 2.05) is 12.1 Å². The van der Waals surface area contributed by atoms with Gasteiger partial charge >= 0.3 is 5.97 Å². The largest absolute Gasteiger partial charge is 0.494 e. The number of nitriles is 1. The van der Waals surface area contributed by atoms with Gasteiger partial charge in [-0.25, -0.2) is 4.79 Å². The van der Waals surface area contributed by atoms with Crippen LogP contribution in [0.4, 0.5) is 0 Å². The van der Waals surface area contributed by atoms with Gasteiger partial charge in [0.15, 0.2) is 0 Å². The summed E-state index contributed by atoms with van der Waals surface area (Å²) in [5, 5.41) is 9.70. The van der Waals surface area contributed by atoms with Gasteiger partial charge in [-0.1, -0.05) is 103 Å². The van der Waals surface area contributed by atoms with Gasteiger partial charge in [-0.05, 0) is 73.1 Å². The first-order valence-electron chi connectivity index (χ1n) is 15.6. The Kier molecular flexibility index (Phi) is 14.0. The molecule has 1 aliphatic rings. The molecule has 0 atom stereocenters. The van der Waals surface area contributed by atoms with Crippen LogP contribution in [0.3, 0.4) is 0 Å². The Morgan fingerprint density at radius 3 is 2.15 bits per heavy atom. The number of unbranched alkanes of at least 4 members (excludes halogenated alkanes) is 7. The predicted molar refractivity (Wildman–Crippen MR) is 159 cm³/mol. The number of carbonyl (C=O) groups excluding carboxylic acids is 1. The van der Waals surface area contributed by atoms with Crippen LogP contribution in [-0.4, -0.2) is 12.6 Å². The summed E-state index contributed by atoms with van der Waals surface area (Å²) in [6, 6.07) is 14.9. The van der Waals surface area contributed by atoms with Crippen molar-refractivity contribution in [2.45, 2.75) is 117 Å². The Hall–Kier alpha value is -2.80. The van der Waals surface area contributed by atoms with Crippen LogP contribution >= 0.6 is 0 Å². The smallest absolute Gasteiger partial charge is 0.343 e. The van der Waals surface area contributed by atoms with E-state index in [0.29, 0.717) is 23.5 Å². The number of benzene rings is 2. The number of rotatable bonds is 17. The van der Waals surface area contributed by atoms with Gasteiger partial charge in [-0.15, -0.1) is 0 Å². The zero-order chi connectivity index (χ0) is 27.7. The minimum absolute atomic E-state index is 0.322. The molecule has 0 aliphatic heterocycles. The fraction of sp³-hybridized carbons (Fsp3) is 0.600. The molecule has 0 spiro atoms. The highest BCUT2D eigenvalue weighted by molar-refractivity contribution is 5.91. The maximum Gasteiger partial charge on any atom is 0.343 e. The summed E-state index contributed by atoms with van der Waals surface area (Å²) in [5.41, 5.74) is 2.00. The molecule has 1 fully saturated rings. The number of esters is 1. The molecule has 0 aromatic heterocycles. The molecule has 0 N–H and O–H groups in total. The van der Waals surface area contributed by atoms with Crippen molar-refractivity contribution in [3.05, 3.63) is 59.2 Å². The van der Waals surface area contributed by atoms with Crippen LogP contribution in [0.1, 0.15) is 132 Å². The first-order valence-corrected chi connectivity index (χ1v) is 15.6. The van der Waals surface area contributed by atoms with E-state index in [1.165, 1.54) is 89.9 Å². The van der Waals surface area contributed by atoms with Gasteiger partial charge in [0.05, 0.1) is 17.7 Å².